The summed E-state index contributed by atoms with van der Waals surface area (Å²) in [4.78, 5) is 27.3. The molecule has 2 amide bonds. The largest absolute Gasteiger partial charge is 0.467 e. The van der Waals surface area contributed by atoms with E-state index < -0.39 is 0 Å². The molecule has 1 aromatic carbocycles. The summed E-state index contributed by atoms with van der Waals surface area (Å²) in [6, 6.07) is 7.48. The van der Waals surface area contributed by atoms with Gasteiger partial charge in [0.05, 0.1) is 13.7 Å². The van der Waals surface area contributed by atoms with E-state index >= 15 is 0 Å². The van der Waals surface area contributed by atoms with Crippen LogP contribution in [0, 0.1) is 0 Å². The number of ether oxygens (including phenoxy) is 1. The fraction of sp³-hybridized carbons (Fsp3) is 0.333. The fourth-order valence-electron chi connectivity index (χ4n) is 1.79. The molecule has 0 spiro atoms. The monoisotopic (exact) mass is 348 g/mol. The Kier molecular flexibility index (Phi) is 6.19. The Morgan fingerprint density at radius 2 is 2.08 bits per heavy atom. The predicted octanol–water partition coefficient (Wildman–Crippen LogP) is 1.99. The van der Waals surface area contributed by atoms with Gasteiger partial charge in [0.25, 0.3) is 0 Å². The van der Waals surface area contributed by atoms with Crippen molar-refractivity contribution in [3.63, 3.8) is 0 Å². The van der Waals surface area contributed by atoms with Crippen molar-refractivity contribution >= 4 is 29.4 Å². The van der Waals surface area contributed by atoms with Crippen molar-refractivity contribution in [1.29, 1.82) is 0 Å². The first-order valence-corrected chi connectivity index (χ1v) is 8.39. The molecular weight excluding hydrogens is 328 g/mol. The Hall–Kier alpha value is -2.55. The highest BCUT2D eigenvalue weighted by Crippen LogP contribution is 2.18. The lowest BCUT2D eigenvalue weighted by molar-refractivity contribution is 0.251. The summed E-state index contributed by atoms with van der Waals surface area (Å²) in [7, 11) is 5.12. The van der Waals surface area contributed by atoms with Crippen LogP contribution in [0.2, 0.25) is 0 Å². The summed E-state index contributed by atoms with van der Waals surface area (Å²) in [6.07, 6.45) is 1.98. The van der Waals surface area contributed by atoms with Crippen molar-refractivity contribution < 1.29 is 9.53 Å². The zero-order chi connectivity index (χ0) is 17.5. The number of carbonyl (C=O) groups is 1. The third-order valence-corrected chi connectivity index (χ3v) is 3.69. The van der Waals surface area contributed by atoms with Gasteiger partial charge in [0, 0.05) is 24.7 Å². The Morgan fingerprint density at radius 1 is 1.29 bits per heavy atom. The van der Waals surface area contributed by atoms with E-state index in [1.54, 1.807) is 16.7 Å². The van der Waals surface area contributed by atoms with Gasteiger partial charge in [0.1, 0.15) is 0 Å². The van der Waals surface area contributed by atoms with Crippen molar-refractivity contribution in [2.75, 3.05) is 37.7 Å². The highest BCUT2D eigenvalue weighted by molar-refractivity contribution is 7.98. The summed E-state index contributed by atoms with van der Waals surface area (Å²) in [5.74, 6) is 0.880. The minimum atomic E-state index is -0.334. The number of aromatic nitrogens is 3. The van der Waals surface area contributed by atoms with Crippen LogP contribution in [0.15, 0.2) is 29.2 Å². The minimum Gasteiger partial charge on any atom is -0.467 e. The van der Waals surface area contributed by atoms with Crippen molar-refractivity contribution in [2.24, 2.45) is 0 Å². The second-order valence-corrected chi connectivity index (χ2v) is 5.85. The molecule has 128 valence electrons. The highest BCUT2D eigenvalue weighted by Gasteiger charge is 2.10. The van der Waals surface area contributed by atoms with Crippen LogP contribution in [0.4, 0.5) is 16.4 Å². The molecule has 0 saturated carbocycles. The number of nitrogens with one attached hydrogen (secondary N) is 2. The zero-order valence-corrected chi connectivity index (χ0v) is 14.8. The number of benzene rings is 1. The fourth-order valence-corrected chi connectivity index (χ4v) is 2.25. The Bertz CT molecular complexity index is 710. The average Bonchev–Trinajstić information content (AvgIpc) is 2.59. The first-order chi connectivity index (χ1) is 11.5. The number of hydrogen-bond acceptors (Lipinski definition) is 7. The molecule has 24 heavy (non-hydrogen) atoms. The number of amides is 2. The molecule has 0 aliphatic carbocycles. The topological polar surface area (TPSA) is 92.3 Å². The number of anilines is 2. The molecule has 0 atom stereocenters. The lowest BCUT2D eigenvalue weighted by atomic mass is 10.3. The maximum absolute atomic E-state index is 12.0. The molecule has 0 unspecified atom stereocenters. The number of urea groups is 1. The van der Waals surface area contributed by atoms with Gasteiger partial charge in [-0.15, -0.1) is 11.8 Å². The summed E-state index contributed by atoms with van der Waals surface area (Å²) >= 11 is 1.61. The predicted molar refractivity (Wildman–Crippen MR) is 94.8 cm³/mol. The van der Waals surface area contributed by atoms with Crippen molar-refractivity contribution in [3.05, 3.63) is 30.1 Å². The summed E-state index contributed by atoms with van der Waals surface area (Å²) in [6.45, 7) is 0.160. The van der Waals surface area contributed by atoms with E-state index in [0.29, 0.717) is 11.8 Å². The Labute approximate surface area is 145 Å². The van der Waals surface area contributed by atoms with Crippen LogP contribution < -0.4 is 20.3 Å². The number of thioether (sulfide) groups is 1. The molecule has 2 rings (SSSR count). The van der Waals surface area contributed by atoms with Gasteiger partial charge in [0.15, 0.2) is 5.82 Å². The van der Waals surface area contributed by atoms with Crippen LogP contribution in [0.5, 0.6) is 6.01 Å². The van der Waals surface area contributed by atoms with E-state index in [4.69, 9.17) is 4.74 Å². The minimum absolute atomic E-state index is 0.160. The molecule has 8 nitrogen and oxygen atoms in total. The second-order valence-electron chi connectivity index (χ2n) is 4.97. The smallest absolute Gasteiger partial charge is 0.321 e. The van der Waals surface area contributed by atoms with Crippen LogP contribution >= 0.6 is 11.8 Å². The molecule has 0 aliphatic heterocycles. The molecule has 2 N–H and O–H groups in total. The number of rotatable bonds is 6. The van der Waals surface area contributed by atoms with Gasteiger partial charge < -0.3 is 20.3 Å². The van der Waals surface area contributed by atoms with E-state index in [2.05, 4.69) is 25.6 Å². The van der Waals surface area contributed by atoms with Crippen molar-refractivity contribution in [3.8, 4) is 6.01 Å². The summed E-state index contributed by atoms with van der Waals surface area (Å²) in [5.41, 5.74) is 0.724. The molecular formula is C15H20N6O2S. The summed E-state index contributed by atoms with van der Waals surface area (Å²) < 4.78 is 5.05. The standard InChI is InChI=1S/C15H20N6O2S/c1-21(2)13-18-12(19-15(20-13)23-3)9-16-14(22)17-10-6-5-7-11(8-10)24-4/h5-8H,9H2,1-4H3,(H2,16,17,22). The first kappa shape index (κ1) is 17.8. The number of nitrogens with zero attached hydrogens (tertiary/aromatic N) is 4. The highest BCUT2D eigenvalue weighted by atomic mass is 32.2. The molecule has 2 aromatic rings. The van der Waals surface area contributed by atoms with E-state index in [9.17, 15) is 4.79 Å². The molecule has 0 radical (unpaired) electrons. The normalized spacial score (nSPS) is 10.2. The summed E-state index contributed by atoms with van der Waals surface area (Å²) in [5, 5.41) is 5.50. The molecule has 0 bridgehead atoms. The van der Waals surface area contributed by atoms with E-state index in [0.717, 1.165) is 10.6 Å². The van der Waals surface area contributed by atoms with Crippen LogP contribution in [-0.4, -0.2) is 48.4 Å². The van der Waals surface area contributed by atoms with Crippen LogP contribution in [0.1, 0.15) is 5.82 Å². The van der Waals surface area contributed by atoms with Gasteiger partial charge in [-0.05, 0) is 24.5 Å². The Balaban J connectivity index is 1.99. The molecule has 1 heterocycles. The number of hydrogen-bond donors (Lipinski definition) is 2. The Morgan fingerprint density at radius 3 is 2.75 bits per heavy atom. The van der Waals surface area contributed by atoms with Gasteiger partial charge >= 0.3 is 12.0 Å². The first-order valence-electron chi connectivity index (χ1n) is 7.17. The molecule has 1 aromatic heterocycles. The molecule has 0 aliphatic rings. The van der Waals surface area contributed by atoms with Crippen molar-refractivity contribution in [1.82, 2.24) is 20.3 Å². The lowest BCUT2D eigenvalue weighted by Crippen LogP contribution is -2.29. The SMILES string of the molecule is COc1nc(CNC(=O)Nc2cccc(SC)c2)nc(N(C)C)n1. The average molecular weight is 348 g/mol. The maximum Gasteiger partial charge on any atom is 0.321 e. The van der Waals surface area contributed by atoms with E-state index in [1.165, 1.54) is 7.11 Å². The lowest BCUT2D eigenvalue weighted by Gasteiger charge is -2.12. The molecule has 0 fully saturated rings. The quantitative estimate of drug-likeness (QED) is 0.771. The van der Waals surface area contributed by atoms with Crippen molar-refractivity contribution in [2.45, 2.75) is 11.4 Å². The van der Waals surface area contributed by atoms with Gasteiger partial charge in [-0.3, -0.25) is 0 Å². The van der Waals surface area contributed by atoms with Gasteiger partial charge in [0.2, 0.25) is 5.95 Å². The van der Waals surface area contributed by atoms with Crippen LogP contribution in [-0.2, 0) is 6.54 Å². The van der Waals surface area contributed by atoms with Crippen LogP contribution in [0.25, 0.3) is 0 Å². The second kappa shape index (κ2) is 8.34. The number of methoxy groups -OCH3 is 1. The third kappa shape index (κ3) is 4.98. The number of carbonyl (C=O) groups excluding carboxylic acids is 1. The van der Waals surface area contributed by atoms with Crippen LogP contribution in [0.3, 0.4) is 0 Å². The molecule has 9 heteroatoms. The zero-order valence-electron chi connectivity index (χ0n) is 14.0. The maximum atomic E-state index is 12.0. The van der Waals surface area contributed by atoms with E-state index in [1.807, 2.05) is 44.6 Å². The van der Waals surface area contributed by atoms with Gasteiger partial charge in [-0.2, -0.15) is 15.0 Å². The van der Waals surface area contributed by atoms with E-state index in [-0.39, 0.29) is 18.6 Å². The third-order valence-electron chi connectivity index (χ3n) is 2.97. The van der Waals surface area contributed by atoms with Gasteiger partial charge in [-0.25, -0.2) is 4.79 Å². The molecule has 0 saturated heterocycles. The van der Waals surface area contributed by atoms with Gasteiger partial charge in [-0.1, -0.05) is 6.07 Å².